The van der Waals surface area contributed by atoms with E-state index in [-0.39, 0.29) is 5.91 Å². The second-order valence-electron chi connectivity index (χ2n) is 7.27. The first kappa shape index (κ1) is 15.4. The van der Waals surface area contributed by atoms with Crippen molar-refractivity contribution in [3.8, 4) is 0 Å². The quantitative estimate of drug-likeness (QED) is 0.785. The van der Waals surface area contributed by atoms with Gasteiger partial charge in [-0.15, -0.1) is 5.10 Å². The van der Waals surface area contributed by atoms with E-state index in [4.69, 9.17) is 0 Å². The van der Waals surface area contributed by atoms with Gasteiger partial charge in [0.2, 0.25) is 0 Å². The van der Waals surface area contributed by atoms with E-state index in [9.17, 15) is 4.79 Å². The number of fused-ring (bicyclic) bond motifs is 2. The van der Waals surface area contributed by atoms with E-state index in [1.807, 2.05) is 41.1 Å². The number of hydrogen-bond acceptors (Lipinski definition) is 4. The molecule has 1 aliphatic heterocycles. The van der Waals surface area contributed by atoms with Crippen LogP contribution in [0.1, 0.15) is 28.0 Å². The van der Waals surface area contributed by atoms with Crippen molar-refractivity contribution in [1.29, 1.82) is 0 Å². The minimum Gasteiger partial charge on any atom is -0.354 e. The summed E-state index contributed by atoms with van der Waals surface area (Å²) < 4.78 is 1.96. The highest BCUT2D eigenvalue weighted by molar-refractivity contribution is 5.95. The van der Waals surface area contributed by atoms with Crippen LogP contribution in [0, 0.1) is 5.92 Å². The highest BCUT2D eigenvalue weighted by atomic mass is 16.1. The van der Waals surface area contributed by atoms with Crippen LogP contribution in [0.15, 0.2) is 42.7 Å². The summed E-state index contributed by atoms with van der Waals surface area (Å²) in [4.78, 5) is 14.6. The van der Waals surface area contributed by atoms with Gasteiger partial charge in [-0.25, -0.2) is 0 Å². The number of pyridine rings is 1. The Hall–Kier alpha value is -2.89. The average Bonchev–Trinajstić information content (AvgIpc) is 3.26. The Kier molecular flexibility index (Phi) is 3.62. The van der Waals surface area contributed by atoms with Crippen LogP contribution in [-0.2, 0) is 12.8 Å². The lowest BCUT2D eigenvalue weighted by atomic mass is 10.00. The van der Waals surface area contributed by atoms with Crippen LogP contribution in [0.5, 0.6) is 0 Å². The molecule has 0 bridgehead atoms. The molecule has 0 atom stereocenters. The molecule has 1 amide bonds. The van der Waals surface area contributed by atoms with E-state index in [1.54, 1.807) is 0 Å². The third-order valence-electron chi connectivity index (χ3n) is 5.41. The molecule has 4 heterocycles. The smallest absolute Gasteiger partial charge is 0.252 e. The largest absolute Gasteiger partial charge is 0.354 e. The number of carbonyl (C=O) groups excluding carboxylic acids is 1. The maximum Gasteiger partial charge on any atom is 0.252 e. The Morgan fingerprint density at radius 3 is 3.00 bits per heavy atom. The van der Waals surface area contributed by atoms with Crippen LogP contribution in [0.4, 0.5) is 5.82 Å². The van der Waals surface area contributed by atoms with Crippen molar-refractivity contribution in [2.45, 2.75) is 19.3 Å². The third kappa shape index (κ3) is 2.71. The molecule has 1 fully saturated rings. The fourth-order valence-electron chi connectivity index (χ4n) is 3.88. The first-order valence-corrected chi connectivity index (χ1v) is 9.21. The number of nitrogens with one attached hydrogen (secondary N) is 1. The molecule has 3 aromatic heterocycles. The van der Waals surface area contributed by atoms with Crippen molar-refractivity contribution < 1.29 is 4.79 Å². The molecule has 0 saturated carbocycles. The van der Waals surface area contributed by atoms with Gasteiger partial charge >= 0.3 is 0 Å². The Morgan fingerprint density at radius 1 is 1.19 bits per heavy atom. The molecule has 0 unspecified atom stereocenters. The molecule has 5 rings (SSSR count). The van der Waals surface area contributed by atoms with Crippen molar-refractivity contribution in [3.63, 3.8) is 0 Å². The van der Waals surface area contributed by atoms with E-state index in [0.717, 1.165) is 43.0 Å². The lowest BCUT2D eigenvalue weighted by Crippen LogP contribution is -2.52. The second kappa shape index (κ2) is 6.12. The van der Waals surface area contributed by atoms with Crippen LogP contribution >= 0.6 is 0 Å². The van der Waals surface area contributed by atoms with Crippen molar-refractivity contribution in [2.75, 3.05) is 24.5 Å². The van der Waals surface area contributed by atoms with Crippen molar-refractivity contribution >= 4 is 17.2 Å². The minimum atomic E-state index is -0.00975. The summed E-state index contributed by atoms with van der Waals surface area (Å²) in [7, 11) is 0. The van der Waals surface area contributed by atoms with Crippen molar-refractivity contribution in [2.24, 2.45) is 5.92 Å². The Morgan fingerprint density at radius 2 is 2.12 bits per heavy atom. The lowest BCUT2D eigenvalue weighted by Gasteiger charge is -2.40. The summed E-state index contributed by atoms with van der Waals surface area (Å²) in [5.74, 6) is 1.43. The maximum atomic E-state index is 12.4. The fraction of sp³-hybridized carbons (Fsp3) is 0.350. The Labute approximate surface area is 151 Å². The summed E-state index contributed by atoms with van der Waals surface area (Å²) in [6, 6.07) is 10.0. The van der Waals surface area contributed by atoms with Gasteiger partial charge in [0.1, 0.15) is 0 Å². The molecule has 1 aliphatic carbocycles. The number of aromatic nitrogens is 3. The van der Waals surface area contributed by atoms with Crippen LogP contribution < -0.4 is 10.2 Å². The van der Waals surface area contributed by atoms with E-state index < -0.39 is 0 Å². The van der Waals surface area contributed by atoms with Crippen LogP contribution in [0.2, 0.25) is 0 Å². The zero-order chi connectivity index (χ0) is 17.5. The number of amides is 1. The van der Waals surface area contributed by atoms with Gasteiger partial charge in [0.25, 0.3) is 5.91 Å². The summed E-state index contributed by atoms with van der Waals surface area (Å²) in [6.45, 7) is 2.54. The summed E-state index contributed by atoms with van der Waals surface area (Å²) in [6.07, 6.45) is 7.20. The van der Waals surface area contributed by atoms with E-state index in [2.05, 4.69) is 26.5 Å². The van der Waals surface area contributed by atoms with Gasteiger partial charge < -0.3 is 14.6 Å². The van der Waals surface area contributed by atoms with Crippen LogP contribution in [0.3, 0.4) is 0 Å². The monoisotopic (exact) mass is 347 g/mol. The predicted molar refractivity (Wildman–Crippen MR) is 99.5 cm³/mol. The van der Waals surface area contributed by atoms with Crippen LogP contribution in [-0.4, -0.2) is 40.1 Å². The number of rotatable bonds is 4. The van der Waals surface area contributed by atoms with Gasteiger partial charge in [-0.2, -0.15) is 5.10 Å². The van der Waals surface area contributed by atoms with Crippen molar-refractivity contribution in [1.82, 2.24) is 19.9 Å². The van der Waals surface area contributed by atoms with Gasteiger partial charge in [0, 0.05) is 43.5 Å². The normalized spacial score (nSPS) is 16.5. The number of carbonyl (C=O) groups is 1. The topological polar surface area (TPSA) is 62.5 Å². The molecule has 26 heavy (non-hydrogen) atoms. The molecular weight excluding hydrogens is 326 g/mol. The Bertz CT molecular complexity index is 940. The molecule has 0 radical (unpaired) electrons. The zero-order valence-corrected chi connectivity index (χ0v) is 14.6. The van der Waals surface area contributed by atoms with E-state index in [1.165, 1.54) is 12.0 Å². The van der Waals surface area contributed by atoms with Gasteiger partial charge in [-0.1, -0.05) is 6.07 Å². The molecule has 0 spiro atoms. The van der Waals surface area contributed by atoms with Gasteiger partial charge in [-0.3, -0.25) is 4.79 Å². The molecule has 132 valence electrons. The summed E-state index contributed by atoms with van der Waals surface area (Å²) in [5, 5.41) is 11.8. The van der Waals surface area contributed by atoms with E-state index in [0.29, 0.717) is 18.0 Å². The number of hydrogen-bond donors (Lipinski definition) is 1. The number of aryl methyl sites for hydroxylation is 2. The predicted octanol–water partition coefficient (Wildman–Crippen LogP) is 2.08. The number of anilines is 1. The standard InChI is InChI=1S/C20H21N5O/c26-20(16-8-17-5-1-2-7-24(17)13-16)21-10-14-11-25(12-14)19-9-15-4-3-6-18(15)22-23-19/h1-2,5,7-9,13-14H,3-4,6,10-12H2,(H,21,26). The molecule has 2 aliphatic rings. The SMILES string of the molecule is O=C(NCC1CN(c2cc3c(nn2)CCC3)C1)c1cc2ccccn2c1. The number of nitrogens with zero attached hydrogens (tertiary/aromatic N) is 4. The summed E-state index contributed by atoms with van der Waals surface area (Å²) in [5.41, 5.74) is 4.25. The second-order valence-corrected chi connectivity index (χ2v) is 7.27. The molecule has 1 N–H and O–H groups in total. The maximum absolute atomic E-state index is 12.4. The third-order valence-corrected chi connectivity index (χ3v) is 5.41. The molecule has 3 aromatic rings. The molecule has 0 aromatic carbocycles. The molecule has 6 heteroatoms. The molecule has 6 nitrogen and oxygen atoms in total. The fourth-order valence-corrected chi connectivity index (χ4v) is 3.88. The van der Waals surface area contributed by atoms with Crippen molar-refractivity contribution in [3.05, 3.63) is 59.5 Å². The van der Waals surface area contributed by atoms with Crippen LogP contribution in [0.25, 0.3) is 5.52 Å². The zero-order valence-electron chi connectivity index (χ0n) is 14.6. The van der Waals surface area contributed by atoms with Gasteiger partial charge in [-0.05, 0) is 49.1 Å². The Balaban J connectivity index is 1.16. The minimum absolute atomic E-state index is 0.00975. The average molecular weight is 347 g/mol. The van der Waals surface area contributed by atoms with E-state index >= 15 is 0 Å². The first-order chi connectivity index (χ1) is 12.8. The highest BCUT2D eigenvalue weighted by Crippen LogP contribution is 2.26. The highest BCUT2D eigenvalue weighted by Gasteiger charge is 2.29. The molecule has 1 saturated heterocycles. The van der Waals surface area contributed by atoms with Gasteiger partial charge in [0.05, 0.1) is 11.3 Å². The first-order valence-electron chi connectivity index (χ1n) is 9.21. The van der Waals surface area contributed by atoms with Gasteiger partial charge in [0.15, 0.2) is 5.82 Å². The lowest BCUT2D eigenvalue weighted by molar-refractivity contribution is 0.0944. The molecular formula is C20H21N5O. The summed E-state index contributed by atoms with van der Waals surface area (Å²) >= 11 is 0.